The number of rotatable bonds is 2. The molecular weight excluding hydrogens is 158 g/mol. The van der Waals surface area contributed by atoms with Gasteiger partial charge in [-0.25, -0.2) is 0 Å². The second-order valence-corrected chi connectivity index (χ2v) is 3.72. The van der Waals surface area contributed by atoms with E-state index in [0.29, 0.717) is 0 Å². The van der Waals surface area contributed by atoms with Crippen LogP contribution in [0.15, 0.2) is 11.8 Å². The van der Waals surface area contributed by atoms with Crippen LogP contribution in [0.2, 0.25) is 0 Å². The molecule has 1 heterocycles. The quantitative estimate of drug-likeness (QED) is 0.639. The van der Waals surface area contributed by atoms with Crippen LogP contribution in [0.5, 0.6) is 0 Å². The number of thioether (sulfide) groups is 1. The van der Waals surface area contributed by atoms with Crippen molar-refractivity contribution in [2.45, 2.75) is 19.8 Å². The first-order chi connectivity index (χ1) is 5.33. The molecule has 62 valence electrons. The third kappa shape index (κ3) is 2.97. The highest BCUT2D eigenvalue weighted by Crippen LogP contribution is 2.11. The molecule has 1 saturated heterocycles. The summed E-state index contributed by atoms with van der Waals surface area (Å²) in [6.45, 7) is 3.01. The summed E-state index contributed by atoms with van der Waals surface area (Å²) in [4.78, 5) is 11.0. The van der Waals surface area contributed by atoms with E-state index >= 15 is 0 Å². The molecule has 0 aromatic heterocycles. The lowest BCUT2D eigenvalue weighted by molar-refractivity contribution is -0.107. The zero-order chi connectivity index (χ0) is 8.10. The Morgan fingerprint density at radius 3 is 3.18 bits per heavy atom. The highest BCUT2D eigenvalue weighted by Gasteiger charge is 2.06. The lowest BCUT2D eigenvalue weighted by Crippen LogP contribution is -2.04. The summed E-state index contributed by atoms with van der Waals surface area (Å²) in [5.41, 5.74) is 1.11. The van der Waals surface area contributed by atoms with Crippen LogP contribution in [0.1, 0.15) is 19.8 Å². The van der Waals surface area contributed by atoms with Crippen LogP contribution < -0.4 is 5.32 Å². The largest absolute Gasteiger partial charge is 0.388 e. The molecule has 2 nitrogen and oxygen atoms in total. The third-order valence-corrected chi connectivity index (χ3v) is 2.24. The minimum Gasteiger partial charge on any atom is -0.388 e. The molecule has 1 fully saturated rings. The summed E-state index contributed by atoms with van der Waals surface area (Å²) in [6.07, 6.45) is 3.92. The zero-order valence-corrected chi connectivity index (χ0v) is 7.54. The van der Waals surface area contributed by atoms with E-state index in [1.54, 1.807) is 6.08 Å². The monoisotopic (exact) mass is 171 g/mol. The number of carbonyl (C=O) groups is 1. The minimum atomic E-state index is 0.178. The van der Waals surface area contributed by atoms with E-state index in [1.165, 1.54) is 11.8 Å². The summed E-state index contributed by atoms with van der Waals surface area (Å²) in [7, 11) is 0. The Hall–Kier alpha value is -0.440. The Balaban J connectivity index is 2.36. The fourth-order valence-electron chi connectivity index (χ4n) is 1.07. The van der Waals surface area contributed by atoms with Crippen molar-refractivity contribution in [2.24, 2.45) is 0 Å². The molecule has 0 unspecified atom stereocenters. The molecule has 1 aliphatic heterocycles. The summed E-state index contributed by atoms with van der Waals surface area (Å²) < 4.78 is 0. The smallest absolute Gasteiger partial charge is 0.213 e. The normalized spacial score (nSPS) is 20.3. The van der Waals surface area contributed by atoms with Crippen molar-refractivity contribution in [3.8, 4) is 0 Å². The molecule has 0 aromatic rings. The maximum absolute atomic E-state index is 11.0. The molecule has 0 spiro atoms. The second-order valence-electron chi connectivity index (χ2n) is 2.45. The Kier molecular flexibility index (Phi) is 3.49. The topological polar surface area (TPSA) is 29.1 Å². The van der Waals surface area contributed by atoms with E-state index in [0.717, 1.165) is 30.8 Å². The van der Waals surface area contributed by atoms with Crippen LogP contribution in [0.4, 0.5) is 0 Å². The number of hydrogen-bond acceptors (Lipinski definition) is 3. The Morgan fingerprint density at radius 1 is 1.82 bits per heavy atom. The number of carbonyl (C=O) groups excluding carboxylic acids is 1. The molecule has 3 heteroatoms. The van der Waals surface area contributed by atoms with Gasteiger partial charge in [-0.2, -0.15) is 0 Å². The molecular formula is C8H13NOS. The summed E-state index contributed by atoms with van der Waals surface area (Å²) in [6, 6.07) is 0. The van der Waals surface area contributed by atoms with Gasteiger partial charge >= 0.3 is 0 Å². The van der Waals surface area contributed by atoms with Crippen molar-refractivity contribution < 1.29 is 4.79 Å². The van der Waals surface area contributed by atoms with Crippen LogP contribution in [0.25, 0.3) is 0 Å². The van der Waals surface area contributed by atoms with Gasteiger partial charge in [0.15, 0.2) is 0 Å². The van der Waals surface area contributed by atoms with Gasteiger partial charge in [0.2, 0.25) is 5.12 Å². The summed E-state index contributed by atoms with van der Waals surface area (Å²) in [5, 5.41) is 3.35. The molecule has 0 saturated carbocycles. The fraction of sp³-hybridized carbons (Fsp3) is 0.625. The van der Waals surface area contributed by atoms with E-state index < -0.39 is 0 Å². The van der Waals surface area contributed by atoms with Gasteiger partial charge in [-0.1, -0.05) is 18.7 Å². The van der Waals surface area contributed by atoms with Gasteiger partial charge in [0.05, 0.1) is 0 Å². The Morgan fingerprint density at radius 2 is 2.64 bits per heavy atom. The van der Waals surface area contributed by atoms with Crippen molar-refractivity contribution in [3.05, 3.63) is 11.8 Å². The second kappa shape index (κ2) is 4.44. The van der Waals surface area contributed by atoms with Crippen molar-refractivity contribution in [2.75, 3.05) is 12.3 Å². The van der Waals surface area contributed by atoms with Crippen LogP contribution >= 0.6 is 11.8 Å². The standard InChI is InChI=1S/C8H13NOS/c1-2-11-8(10)6-7-4-3-5-9-7/h6,9H,2-5H2,1H3. The van der Waals surface area contributed by atoms with Gasteiger partial charge in [-0.05, 0) is 18.6 Å². The average molecular weight is 171 g/mol. The molecule has 11 heavy (non-hydrogen) atoms. The zero-order valence-electron chi connectivity index (χ0n) is 6.72. The van der Waals surface area contributed by atoms with E-state index in [4.69, 9.17) is 0 Å². The van der Waals surface area contributed by atoms with E-state index in [2.05, 4.69) is 5.32 Å². The average Bonchev–Trinajstić information content (AvgIpc) is 2.40. The van der Waals surface area contributed by atoms with Crippen molar-refractivity contribution in [1.82, 2.24) is 5.32 Å². The van der Waals surface area contributed by atoms with Crippen LogP contribution in [-0.2, 0) is 4.79 Å². The molecule has 1 N–H and O–H groups in total. The first-order valence-electron chi connectivity index (χ1n) is 3.94. The SMILES string of the molecule is CCSC(=O)C=C1CCCN1. The van der Waals surface area contributed by atoms with Gasteiger partial charge in [-0.3, -0.25) is 4.79 Å². The fourth-order valence-corrected chi connectivity index (χ4v) is 1.58. The van der Waals surface area contributed by atoms with Gasteiger partial charge in [-0.15, -0.1) is 0 Å². The van der Waals surface area contributed by atoms with Gasteiger partial charge < -0.3 is 5.32 Å². The first-order valence-corrected chi connectivity index (χ1v) is 4.92. The lowest BCUT2D eigenvalue weighted by Gasteiger charge is -1.95. The summed E-state index contributed by atoms with van der Waals surface area (Å²) in [5.74, 6) is 0.864. The molecule has 0 aliphatic carbocycles. The van der Waals surface area contributed by atoms with E-state index in [-0.39, 0.29) is 5.12 Å². The molecule has 0 radical (unpaired) electrons. The maximum atomic E-state index is 11.0. The van der Waals surface area contributed by atoms with Crippen molar-refractivity contribution >= 4 is 16.9 Å². The Bertz CT molecular complexity index is 169. The first kappa shape index (κ1) is 8.65. The highest BCUT2D eigenvalue weighted by molar-refractivity contribution is 8.14. The highest BCUT2D eigenvalue weighted by atomic mass is 32.2. The van der Waals surface area contributed by atoms with Crippen LogP contribution in [0.3, 0.4) is 0 Å². The third-order valence-electron chi connectivity index (χ3n) is 1.55. The van der Waals surface area contributed by atoms with Gasteiger partial charge in [0.25, 0.3) is 0 Å². The number of hydrogen-bond donors (Lipinski definition) is 1. The number of allylic oxidation sites excluding steroid dienone is 1. The van der Waals surface area contributed by atoms with Gasteiger partial charge in [0.1, 0.15) is 0 Å². The van der Waals surface area contributed by atoms with Gasteiger partial charge in [0, 0.05) is 18.3 Å². The maximum Gasteiger partial charge on any atom is 0.213 e. The lowest BCUT2D eigenvalue weighted by atomic mass is 10.3. The molecule has 1 rings (SSSR count). The molecule has 0 aromatic carbocycles. The molecule has 0 amide bonds. The summed E-state index contributed by atoms with van der Waals surface area (Å²) >= 11 is 1.36. The molecule has 0 atom stereocenters. The van der Waals surface area contributed by atoms with Crippen molar-refractivity contribution in [1.29, 1.82) is 0 Å². The van der Waals surface area contributed by atoms with Crippen LogP contribution in [0, 0.1) is 0 Å². The minimum absolute atomic E-state index is 0.178. The number of nitrogens with one attached hydrogen (secondary N) is 1. The van der Waals surface area contributed by atoms with E-state index in [1.807, 2.05) is 6.92 Å². The van der Waals surface area contributed by atoms with E-state index in [9.17, 15) is 4.79 Å². The van der Waals surface area contributed by atoms with Crippen LogP contribution in [-0.4, -0.2) is 17.4 Å². The predicted octanol–water partition coefficient (Wildman–Crippen LogP) is 1.53. The predicted molar refractivity (Wildman–Crippen MR) is 48.5 cm³/mol. The molecule has 0 bridgehead atoms. The van der Waals surface area contributed by atoms with Crippen molar-refractivity contribution in [3.63, 3.8) is 0 Å². The Labute approximate surface area is 71.4 Å². The molecule has 1 aliphatic rings.